The van der Waals surface area contributed by atoms with Gasteiger partial charge in [-0.05, 0) is 26.3 Å². The molecule has 1 aliphatic rings. The van der Waals surface area contributed by atoms with Crippen molar-refractivity contribution in [3.8, 4) is 0 Å². The molecule has 4 heteroatoms. The summed E-state index contributed by atoms with van der Waals surface area (Å²) in [7, 11) is 0. The molecule has 15 heavy (non-hydrogen) atoms. The quantitative estimate of drug-likeness (QED) is 0.703. The van der Waals surface area contributed by atoms with E-state index in [2.05, 4.69) is 18.7 Å². The summed E-state index contributed by atoms with van der Waals surface area (Å²) in [6.07, 6.45) is 3.61. The van der Waals surface area contributed by atoms with Crippen LogP contribution in [0.25, 0.3) is 0 Å². The summed E-state index contributed by atoms with van der Waals surface area (Å²) in [5.41, 5.74) is 5.57. The van der Waals surface area contributed by atoms with E-state index in [1.165, 1.54) is 12.8 Å². The van der Waals surface area contributed by atoms with E-state index in [-0.39, 0.29) is 0 Å². The van der Waals surface area contributed by atoms with E-state index in [1.54, 1.807) is 0 Å². The van der Waals surface area contributed by atoms with Crippen molar-refractivity contribution in [3.05, 3.63) is 0 Å². The lowest BCUT2D eigenvalue weighted by Gasteiger charge is -2.29. The molecule has 0 aliphatic carbocycles. The Bertz CT molecular complexity index is 205. The summed E-state index contributed by atoms with van der Waals surface area (Å²) in [6.45, 7) is 7.32. The Morgan fingerprint density at radius 3 is 2.87 bits per heavy atom. The Kier molecular flexibility index (Phi) is 5.50. The van der Waals surface area contributed by atoms with Crippen LogP contribution in [-0.2, 0) is 4.74 Å². The summed E-state index contributed by atoms with van der Waals surface area (Å²) in [6, 6.07) is 0.427. The van der Waals surface area contributed by atoms with E-state index in [0.717, 1.165) is 26.1 Å². The average molecular weight is 230 g/mol. The minimum atomic E-state index is 0.416. The monoisotopic (exact) mass is 230 g/mol. The number of likely N-dealkylation sites (N-methyl/N-ethyl adjacent to an activating group) is 1. The second-order valence-corrected chi connectivity index (χ2v) is 4.77. The van der Waals surface area contributed by atoms with E-state index < -0.39 is 0 Å². The Balaban J connectivity index is 2.35. The van der Waals surface area contributed by atoms with E-state index in [1.807, 2.05) is 0 Å². The molecule has 1 rings (SSSR count). The average Bonchev–Trinajstić information content (AvgIpc) is 2.65. The zero-order valence-electron chi connectivity index (χ0n) is 9.74. The zero-order valence-corrected chi connectivity index (χ0v) is 10.6. The van der Waals surface area contributed by atoms with Crippen LogP contribution in [0.1, 0.15) is 33.1 Å². The molecule has 1 aliphatic heterocycles. The van der Waals surface area contributed by atoms with Crippen molar-refractivity contribution >= 4 is 17.2 Å². The van der Waals surface area contributed by atoms with Crippen molar-refractivity contribution in [3.63, 3.8) is 0 Å². The topological polar surface area (TPSA) is 38.5 Å². The van der Waals surface area contributed by atoms with Gasteiger partial charge in [-0.25, -0.2) is 0 Å². The largest absolute Gasteiger partial charge is 0.393 e. The molecule has 2 unspecified atom stereocenters. The van der Waals surface area contributed by atoms with Crippen LogP contribution in [-0.4, -0.2) is 41.7 Å². The van der Waals surface area contributed by atoms with Gasteiger partial charge >= 0.3 is 0 Å². The molecule has 0 bridgehead atoms. The summed E-state index contributed by atoms with van der Waals surface area (Å²) >= 11 is 4.94. The fourth-order valence-corrected chi connectivity index (χ4v) is 2.33. The van der Waals surface area contributed by atoms with E-state index in [4.69, 9.17) is 22.7 Å². The number of thiocarbonyl (C=S) groups is 1. The van der Waals surface area contributed by atoms with Crippen molar-refractivity contribution in [2.75, 3.05) is 19.7 Å². The van der Waals surface area contributed by atoms with Gasteiger partial charge in [0, 0.05) is 25.6 Å². The van der Waals surface area contributed by atoms with Crippen LogP contribution in [0, 0.1) is 0 Å². The first kappa shape index (κ1) is 12.9. The maximum Gasteiger partial charge on any atom is 0.0742 e. The van der Waals surface area contributed by atoms with Crippen molar-refractivity contribution in [2.24, 2.45) is 5.73 Å². The summed E-state index contributed by atoms with van der Waals surface area (Å²) < 4.78 is 5.63. The molecule has 0 aromatic rings. The molecule has 2 N–H and O–H groups in total. The number of hydrogen-bond acceptors (Lipinski definition) is 3. The molecule has 0 aromatic carbocycles. The van der Waals surface area contributed by atoms with Crippen LogP contribution in [0.15, 0.2) is 0 Å². The molecule has 88 valence electrons. The van der Waals surface area contributed by atoms with Crippen LogP contribution in [0.3, 0.4) is 0 Å². The van der Waals surface area contributed by atoms with E-state index in [9.17, 15) is 0 Å². The van der Waals surface area contributed by atoms with Gasteiger partial charge in [0.1, 0.15) is 0 Å². The van der Waals surface area contributed by atoms with Crippen LogP contribution in [0.4, 0.5) is 0 Å². The van der Waals surface area contributed by atoms with Crippen LogP contribution < -0.4 is 5.73 Å². The van der Waals surface area contributed by atoms with Crippen molar-refractivity contribution in [1.29, 1.82) is 0 Å². The van der Waals surface area contributed by atoms with Gasteiger partial charge in [-0.15, -0.1) is 0 Å². The fourth-order valence-electron chi connectivity index (χ4n) is 2.09. The number of nitrogens with zero attached hydrogens (tertiary/aromatic N) is 1. The van der Waals surface area contributed by atoms with Crippen molar-refractivity contribution < 1.29 is 4.74 Å². The maximum absolute atomic E-state index is 5.63. The standard InChI is InChI=1S/C11H22N2OS/c1-3-13(9(2)7-11(12)15)8-10-5-4-6-14-10/h9-10H,3-8H2,1-2H3,(H2,12,15). The number of nitrogens with two attached hydrogens (primary N) is 1. The summed E-state index contributed by atoms with van der Waals surface area (Å²) in [4.78, 5) is 3.00. The van der Waals surface area contributed by atoms with Crippen LogP contribution >= 0.6 is 12.2 Å². The third-order valence-corrected chi connectivity index (χ3v) is 3.15. The minimum absolute atomic E-state index is 0.416. The molecule has 1 heterocycles. The van der Waals surface area contributed by atoms with Gasteiger partial charge in [-0.3, -0.25) is 4.90 Å². The predicted octanol–water partition coefficient (Wildman–Crippen LogP) is 1.55. The van der Waals surface area contributed by atoms with Gasteiger partial charge in [0.15, 0.2) is 0 Å². The van der Waals surface area contributed by atoms with Gasteiger partial charge in [0.05, 0.1) is 11.1 Å². The van der Waals surface area contributed by atoms with Gasteiger partial charge in [-0.2, -0.15) is 0 Å². The molecule has 0 aromatic heterocycles. The minimum Gasteiger partial charge on any atom is -0.393 e. The molecule has 3 nitrogen and oxygen atoms in total. The lowest BCUT2D eigenvalue weighted by atomic mass is 10.1. The molecule has 0 radical (unpaired) electrons. The van der Waals surface area contributed by atoms with Crippen molar-refractivity contribution in [2.45, 2.75) is 45.3 Å². The maximum atomic E-state index is 5.63. The number of rotatable bonds is 6. The first-order chi connectivity index (χ1) is 7.13. The predicted molar refractivity (Wildman–Crippen MR) is 67.1 cm³/mol. The normalized spacial score (nSPS) is 23.3. The molecule has 0 spiro atoms. The number of hydrogen-bond donors (Lipinski definition) is 1. The van der Waals surface area contributed by atoms with Crippen LogP contribution in [0.5, 0.6) is 0 Å². The molecule has 2 atom stereocenters. The highest BCUT2D eigenvalue weighted by atomic mass is 32.1. The summed E-state index contributed by atoms with van der Waals surface area (Å²) in [5, 5.41) is 0. The first-order valence-electron chi connectivity index (χ1n) is 5.77. The van der Waals surface area contributed by atoms with Crippen molar-refractivity contribution in [1.82, 2.24) is 4.90 Å². The van der Waals surface area contributed by atoms with Gasteiger partial charge < -0.3 is 10.5 Å². The van der Waals surface area contributed by atoms with E-state index in [0.29, 0.717) is 17.1 Å². The number of ether oxygens (including phenoxy) is 1. The molecular formula is C11H22N2OS. The highest BCUT2D eigenvalue weighted by Gasteiger charge is 2.21. The van der Waals surface area contributed by atoms with Gasteiger partial charge in [-0.1, -0.05) is 19.1 Å². The second kappa shape index (κ2) is 6.40. The Morgan fingerprint density at radius 2 is 2.40 bits per heavy atom. The third kappa shape index (κ3) is 4.45. The lowest BCUT2D eigenvalue weighted by molar-refractivity contribution is 0.0631. The highest BCUT2D eigenvalue weighted by molar-refractivity contribution is 7.80. The SMILES string of the molecule is CCN(CC1CCCO1)C(C)CC(N)=S. The summed E-state index contributed by atoms with van der Waals surface area (Å²) in [5.74, 6) is 0. The Morgan fingerprint density at radius 1 is 1.67 bits per heavy atom. The Labute approximate surface area is 98.0 Å². The van der Waals surface area contributed by atoms with Gasteiger partial charge in [0.25, 0.3) is 0 Å². The highest BCUT2D eigenvalue weighted by Crippen LogP contribution is 2.15. The fraction of sp³-hybridized carbons (Fsp3) is 0.909. The smallest absolute Gasteiger partial charge is 0.0742 e. The third-order valence-electron chi connectivity index (χ3n) is 2.99. The molecule has 0 amide bonds. The first-order valence-corrected chi connectivity index (χ1v) is 6.18. The lowest BCUT2D eigenvalue weighted by Crippen LogP contribution is -2.40. The van der Waals surface area contributed by atoms with Crippen LogP contribution in [0.2, 0.25) is 0 Å². The zero-order chi connectivity index (χ0) is 11.3. The molecule has 1 fully saturated rings. The molecule has 1 saturated heterocycles. The molecular weight excluding hydrogens is 208 g/mol. The Hall–Kier alpha value is -0.190. The second-order valence-electron chi connectivity index (χ2n) is 4.24. The molecule has 0 saturated carbocycles. The van der Waals surface area contributed by atoms with Gasteiger partial charge in [0.2, 0.25) is 0 Å². The van der Waals surface area contributed by atoms with E-state index >= 15 is 0 Å².